The highest BCUT2D eigenvalue weighted by atomic mass is 79.9. The van der Waals surface area contributed by atoms with Crippen molar-refractivity contribution in [3.05, 3.63) is 62.2 Å². The number of aromatic amines is 1. The van der Waals surface area contributed by atoms with Crippen LogP contribution in [0.25, 0.3) is 32.1 Å². The van der Waals surface area contributed by atoms with Gasteiger partial charge in [-0.3, -0.25) is 9.69 Å². The van der Waals surface area contributed by atoms with Crippen LogP contribution in [0.1, 0.15) is 26.3 Å². The van der Waals surface area contributed by atoms with Crippen molar-refractivity contribution in [2.75, 3.05) is 14.2 Å². The topological polar surface area (TPSA) is 71.6 Å². The summed E-state index contributed by atoms with van der Waals surface area (Å²) in [5.74, 6) is 0.643. The van der Waals surface area contributed by atoms with E-state index in [1.807, 2.05) is 41.8 Å². The van der Waals surface area contributed by atoms with E-state index in [4.69, 9.17) is 9.47 Å². The van der Waals surface area contributed by atoms with Gasteiger partial charge in [0.1, 0.15) is 16.1 Å². The third-order valence-electron chi connectivity index (χ3n) is 5.59. The lowest BCUT2D eigenvalue weighted by Gasteiger charge is -2.26. The number of likely N-dealkylation sites (N-methyl/N-ethyl adjacent to an activating group) is 1. The molecule has 1 unspecified atom stereocenters. The molecule has 0 spiro atoms. The van der Waals surface area contributed by atoms with Crippen LogP contribution in [0.4, 0.5) is 9.18 Å². The molecule has 0 saturated carbocycles. The summed E-state index contributed by atoms with van der Waals surface area (Å²) in [5.41, 5.74) is 2.27. The van der Waals surface area contributed by atoms with E-state index < -0.39 is 18.0 Å². The first-order chi connectivity index (χ1) is 16.5. The summed E-state index contributed by atoms with van der Waals surface area (Å²) in [6.07, 6.45) is -2.22. The van der Waals surface area contributed by atoms with Crippen molar-refractivity contribution < 1.29 is 18.7 Å². The van der Waals surface area contributed by atoms with Crippen LogP contribution >= 0.6 is 27.3 Å². The highest BCUT2D eigenvalue weighted by Gasteiger charge is 2.25. The van der Waals surface area contributed by atoms with Crippen LogP contribution < -0.4 is 10.3 Å². The molecule has 4 aromatic rings. The van der Waals surface area contributed by atoms with Gasteiger partial charge in [0.2, 0.25) is 0 Å². The number of alkyl halides is 1. The minimum absolute atomic E-state index is 0.0241. The minimum Gasteiger partial charge on any atom is -0.496 e. The number of nitrogens with one attached hydrogen (secondary N) is 1. The Kier molecular flexibility index (Phi) is 6.92. The molecule has 0 aliphatic carbocycles. The van der Waals surface area contributed by atoms with Crippen LogP contribution in [0.3, 0.4) is 0 Å². The van der Waals surface area contributed by atoms with Crippen LogP contribution in [0.5, 0.6) is 5.75 Å². The molecule has 2 aromatic heterocycles. The fourth-order valence-corrected chi connectivity index (χ4v) is 5.21. The largest absolute Gasteiger partial charge is 0.496 e. The van der Waals surface area contributed by atoms with Gasteiger partial charge in [0, 0.05) is 34.3 Å². The number of thiophene rings is 1. The molecule has 9 heteroatoms. The molecule has 0 aliphatic heterocycles. The van der Waals surface area contributed by atoms with Gasteiger partial charge < -0.3 is 14.5 Å². The number of hydrogen-bond donors (Lipinski definition) is 1. The summed E-state index contributed by atoms with van der Waals surface area (Å²) in [7, 11) is 2.99. The average molecular weight is 561 g/mol. The van der Waals surface area contributed by atoms with Crippen molar-refractivity contribution in [1.82, 2.24) is 9.88 Å². The number of H-pyrrole nitrogens is 1. The molecule has 1 atom stereocenters. The van der Waals surface area contributed by atoms with Gasteiger partial charge in [-0.15, -0.1) is 11.3 Å². The van der Waals surface area contributed by atoms with Gasteiger partial charge in [0.05, 0.1) is 12.6 Å². The van der Waals surface area contributed by atoms with E-state index >= 15 is 0 Å². The summed E-state index contributed by atoms with van der Waals surface area (Å²) < 4.78 is 27.2. The average Bonchev–Trinajstić information content (AvgIpc) is 3.29. The number of aromatic nitrogens is 1. The van der Waals surface area contributed by atoms with E-state index in [0.717, 1.165) is 36.8 Å². The van der Waals surface area contributed by atoms with E-state index in [1.165, 1.54) is 18.4 Å². The fraction of sp³-hybridized carbons (Fsp3) is 0.308. The normalized spacial score (nSPS) is 12.7. The Morgan fingerprint density at radius 2 is 1.91 bits per heavy atom. The third kappa shape index (κ3) is 5.06. The first-order valence-corrected chi connectivity index (χ1v) is 12.7. The maximum atomic E-state index is 14.8. The number of amides is 1. The van der Waals surface area contributed by atoms with Crippen LogP contribution in [0.2, 0.25) is 0 Å². The number of carbonyl (C=O) groups is 1. The van der Waals surface area contributed by atoms with E-state index in [1.54, 1.807) is 27.9 Å². The number of pyridine rings is 1. The summed E-state index contributed by atoms with van der Waals surface area (Å²) in [5, 5.41) is 3.60. The number of hydrogen-bond acceptors (Lipinski definition) is 5. The smallest absolute Gasteiger partial charge is 0.412 e. The molecule has 1 amide bonds. The first-order valence-electron chi connectivity index (χ1n) is 11.0. The predicted molar refractivity (Wildman–Crippen MR) is 142 cm³/mol. The minimum atomic E-state index is -1.53. The van der Waals surface area contributed by atoms with Gasteiger partial charge >= 0.3 is 6.09 Å². The Balaban J connectivity index is 1.71. The van der Waals surface area contributed by atoms with E-state index in [9.17, 15) is 14.0 Å². The number of carbonyl (C=O) groups excluding carboxylic acids is 1. The van der Waals surface area contributed by atoms with Crippen LogP contribution in [-0.2, 0) is 11.2 Å². The lowest BCUT2D eigenvalue weighted by Crippen LogP contribution is -2.39. The Hall–Kier alpha value is -2.91. The van der Waals surface area contributed by atoms with Crippen molar-refractivity contribution in [3.63, 3.8) is 0 Å². The van der Waals surface area contributed by atoms with Crippen molar-refractivity contribution in [1.29, 1.82) is 0 Å². The molecule has 0 bridgehead atoms. The summed E-state index contributed by atoms with van der Waals surface area (Å²) in [6, 6.07) is 11.2. The van der Waals surface area contributed by atoms with Crippen molar-refractivity contribution >= 4 is 54.3 Å². The van der Waals surface area contributed by atoms with E-state index in [0.29, 0.717) is 16.0 Å². The molecule has 2 aromatic carbocycles. The molecule has 35 heavy (non-hydrogen) atoms. The van der Waals surface area contributed by atoms with Gasteiger partial charge in [0.15, 0.2) is 6.30 Å². The fourth-order valence-electron chi connectivity index (χ4n) is 3.91. The zero-order valence-electron chi connectivity index (χ0n) is 20.1. The van der Waals surface area contributed by atoms with E-state index in [2.05, 4.69) is 20.9 Å². The lowest BCUT2D eigenvalue weighted by molar-refractivity contribution is 0.00573. The Bertz CT molecular complexity index is 1460. The highest BCUT2D eigenvalue weighted by molar-refractivity contribution is 9.10. The molecule has 1 N–H and O–H groups in total. The molecule has 6 nitrogen and oxygen atoms in total. The molecular weight excluding hydrogens is 535 g/mol. The van der Waals surface area contributed by atoms with Crippen molar-refractivity contribution in [3.8, 4) is 16.9 Å². The number of nitrogens with zero attached hydrogens (tertiary/aromatic N) is 1. The molecule has 4 rings (SSSR count). The number of fused-ring (bicyclic) bond motifs is 3. The van der Waals surface area contributed by atoms with Crippen LogP contribution in [0.15, 0.2) is 51.0 Å². The summed E-state index contributed by atoms with van der Waals surface area (Å²) in [6.45, 7) is 5.22. The van der Waals surface area contributed by atoms with E-state index in [-0.39, 0.29) is 12.0 Å². The van der Waals surface area contributed by atoms with Crippen LogP contribution in [-0.4, -0.2) is 42.0 Å². The lowest BCUT2D eigenvalue weighted by atomic mass is 9.96. The van der Waals surface area contributed by atoms with Gasteiger partial charge in [-0.25, -0.2) is 9.18 Å². The van der Waals surface area contributed by atoms with Gasteiger partial charge in [-0.05, 0) is 65.3 Å². The quantitative estimate of drug-likeness (QED) is 0.270. The SMILES string of the molecule is COc1cc(Br)c2[nH]c(=O)c3sccc3c2c1-c1ccc(CC(F)N(C)C(=O)OC(C)(C)C)cc1. The second-order valence-corrected chi connectivity index (χ2v) is 11.0. The molecule has 0 fully saturated rings. The number of ether oxygens (including phenoxy) is 2. The predicted octanol–water partition coefficient (Wildman–Crippen LogP) is 6.89. The number of halogens is 2. The summed E-state index contributed by atoms with van der Waals surface area (Å²) in [4.78, 5) is 28.7. The number of methoxy groups -OCH3 is 1. The van der Waals surface area contributed by atoms with Gasteiger partial charge in [-0.1, -0.05) is 24.3 Å². The third-order valence-corrected chi connectivity index (χ3v) is 7.13. The molecule has 0 radical (unpaired) electrons. The monoisotopic (exact) mass is 560 g/mol. The zero-order chi connectivity index (χ0) is 25.5. The molecule has 0 saturated heterocycles. The van der Waals surface area contributed by atoms with Gasteiger partial charge in [0.25, 0.3) is 5.56 Å². The molecule has 184 valence electrons. The molecule has 0 aliphatic rings. The van der Waals surface area contributed by atoms with Crippen molar-refractivity contribution in [2.24, 2.45) is 0 Å². The standard InChI is InChI=1S/C26H26BrFN2O4S/c1-26(2,3)34-25(32)30(4)19(28)12-14-6-8-15(9-7-14)20-18(33-5)13-17(27)22-21(20)16-10-11-35-23(16)24(31)29-22/h6-11,13,19H,12H2,1-5H3,(H,29,31). The Morgan fingerprint density at radius 1 is 1.23 bits per heavy atom. The first kappa shape index (κ1) is 25.2. The second-order valence-electron chi connectivity index (χ2n) is 9.23. The van der Waals surface area contributed by atoms with Gasteiger partial charge in [-0.2, -0.15) is 0 Å². The Morgan fingerprint density at radius 3 is 2.54 bits per heavy atom. The number of benzene rings is 2. The highest BCUT2D eigenvalue weighted by Crippen LogP contribution is 2.43. The zero-order valence-corrected chi connectivity index (χ0v) is 22.5. The summed E-state index contributed by atoms with van der Waals surface area (Å²) >= 11 is 4.94. The van der Waals surface area contributed by atoms with Crippen LogP contribution in [0, 0.1) is 0 Å². The second kappa shape index (κ2) is 9.62. The maximum absolute atomic E-state index is 14.8. The molecular formula is C26H26BrFN2O4S. The van der Waals surface area contributed by atoms with Crippen molar-refractivity contribution in [2.45, 2.75) is 39.1 Å². The Labute approximate surface area is 214 Å². The number of rotatable bonds is 5. The maximum Gasteiger partial charge on any atom is 0.412 e. The molecule has 2 heterocycles.